The van der Waals surface area contributed by atoms with Gasteiger partial charge in [0, 0.05) is 9.50 Å². The minimum Gasteiger partial charge on any atom is -0.482 e. The van der Waals surface area contributed by atoms with Crippen molar-refractivity contribution in [1.82, 2.24) is 0 Å². The van der Waals surface area contributed by atoms with Crippen LogP contribution >= 0.6 is 27.5 Å². The molecule has 0 bridgehead atoms. The van der Waals surface area contributed by atoms with Crippen LogP contribution in [0.2, 0.25) is 5.02 Å². The molecule has 0 aliphatic carbocycles. The van der Waals surface area contributed by atoms with E-state index in [4.69, 9.17) is 21.1 Å². The number of esters is 1. The molecule has 2 aromatic carbocycles. The van der Waals surface area contributed by atoms with Crippen LogP contribution in [-0.2, 0) is 16.0 Å². The van der Waals surface area contributed by atoms with Crippen molar-refractivity contribution in [2.75, 3.05) is 13.2 Å². The quantitative estimate of drug-likeness (QED) is 0.621. The van der Waals surface area contributed by atoms with Gasteiger partial charge in [0.2, 0.25) is 0 Å². The highest BCUT2D eigenvalue weighted by atomic mass is 79.9. The van der Waals surface area contributed by atoms with Gasteiger partial charge in [0.25, 0.3) is 0 Å². The van der Waals surface area contributed by atoms with Crippen LogP contribution in [0.3, 0.4) is 0 Å². The summed E-state index contributed by atoms with van der Waals surface area (Å²) in [6.07, 6.45) is 0.733. The molecular formula is C18H20BrClO3. The van der Waals surface area contributed by atoms with Crippen LogP contribution in [0.25, 0.3) is 0 Å². The second-order valence-electron chi connectivity index (χ2n) is 4.65. The summed E-state index contributed by atoms with van der Waals surface area (Å²) < 4.78 is 11.2. The fourth-order valence-corrected chi connectivity index (χ4v) is 2.54. The number of benzene rings is 2. The van der Waals surface area contributed by atoms with Crippen molar-refractivity contribution in [3.05, 3.63) is 63.1 Å². The molecule has 0 heterocycles. The zero-order valence-electron chi connectivity index (χ0n) is 12.1. The first kappa shape index (κ1) is 19.5. The van der Waals surface area contributed by atoms with Crippen molar-refractivity contribution in [3.8, 4) is 5.75 Å². The van der Waals surface area contributed by atoms with Crippen LogP contribution in [-0.4, -0.2) is 19.2 Å². The van der Waals surface area contributed by atoms with E-state index >= 15 is 0 Å². The maximum absolute atomic E-state index is 11.2. The number of halogens is 2. The lowest BCUT2D eigenvalue weighted by Crippen LogP contribution is -2.14. The number of ether oxygens (including phenoxy) is 2. The van der Waals surface area contributed by atoms with Crippen LogP contribution in [0.5, 0.6) is 5.75 Å². The maximum atomic E-state index is 11.2. The van der Waals surface area contributed by atoms with Gasteiger partial charge >= 0.3 is 5.97 Å². The fraction of sp³-hybridized carbons (Fsp3) is 0.278. The van der Waals surface area contributed by atoms with E-state index in [2.05, 4.69) is 15.9 Å². The molecule has 0 aliphatic rings. The van der Waals surface area contributed by atoms with E-state index < -0.39 is 0 Å². The molecule has 0 saturated heterocycles. The summed E-state index contributed by atoms with van der Waals surface area (Å²) in [6, 6.07) is 13.4. The molecule has 0 saturated carbocycles. The van der Waals surface area contributed by atoms with Crippen molar-refractivity contribution in [2.45, 2.75) is 20.8 Å². The third kappa shape index (κ3) is 6.24. The second kappa shape index (κ2) is 9.58. The highest BCUT2D eigenvalue weighted by Crippen LogP contribution is 2.24. The van der Waals surface area contributed by atoms with Crippen LogP contribution in [0.15, 0.2) is 46.9 Å². The number of carbonyl (C=O) groups is 1. The van der Waals surface area contributed by atoms with Gasteiger partial charge in [-0.3, -0.25) is 0 Å². The van der Waals surface area contributed by atoms with Gasteiger partial charge in [0.1, 0.15) is 5.75 Å². The van der Waals surface area contributed by atoms with Crippen LogP contribution in [0, 0.1) is 0 Å². The van der Waals surface area contributed by atoms with Gasteiger partial charge in [-0.05, 0) is 54.8 Å². The van der Waals surface area contributed by atoms with Crippen molar-refractivity contribution >= 4 is 33.5 Å². The summed E-state index contributed by atoms with van der Waals surface area (Å²) in [6.45, 7) is 2.04. The van der Waals surface area contributed by atoms with E-state index in [9.17, 15) is 4.79 Å². The molecule has 0 unspecified atom stereocenters. The van der Waals surface area contributed by atoms with E-state index in [1.54, 1.807) is 6.92 Å². The lowest BCUT2D eigenvalue weighted by Gasteiger charge is -2.08. The second-order valence-corrected chi connectivity index (χ2v) is 5.97. The molecule has 3 nitrogen and oxygen atoms in total. The smallest absolute Gasteiger partial charge is 0.344 e. The van der Waals surface area contributed by atoms with Gasteiger partial charge in [0.15, 0.2) is 6.61 Å². The molecule has 0 atom stereocenters. The van der Waals surface area contributed by atoms with Crippen LogP contribution < -0.4 is 4.74 Å². The monoisotopic (exact) mass is 398 g/mol. The average Bonchev–Trinajstić information content (AvgIpc) is 2.50. The van der Waals surface area contributed by atoms with Gasteiger partial charge in [-0.15, -0.1) is 0 Å². The van der Waals surface area contributed by atoms with E-state index in [0.29, 0.717) is 12.4 Å². The number of carbonyl (C=O) groups excluding carboxylic acids is 1. The maximum Gasteiger partial charge on any atom is 0.344 e. The SMILES string of the molecule is C.CCOC(=O)COc1ccc(Cc2cc(Br)ccc2Cl)cc1. The molecule has 124 valence electrons. The highest BCUT2D eigenvalue weighted by molar-refractivity contribution is 9.10. The standard InChI is InChI=1S/C17H16BrClO3.CH4/c1-2-21-17(20)11-22-15-6-3-12(4-7-15)9-13-10-14(18)5-8-16(13)19;/h3-8,10H,2,9,11H2,1H3;1H4. The predicted octanol–water partition coefficient (Wildman–Crippen LogP) is 5.27. The summed E-state index contributed by atoms with van der Waals surface area (Å²) in [5.74, 6) is 0.268. The summed E-state index contributed by atoms with van der Waals surface area (Å²) in [5.41, 5.74) is 2.17. The Morgan fingerprint density at radius 1 is 1.17 bits per heavy atom. The first-order valence-electron chi connectivity index (χ1n) is 6.89. The van der Waals surface area contributed by atoms with E-state index in [1.807, 2.05) is 42.5 Å². The minimum absolute atomic E-state index is 0. The Morgan fingerprint density at radius 2 is 1.87 bits per heavy atom. The molecule has 2 aromatic rings. The van der Waals surface area contributed by atoms with Crippen molar-refractivity contribution < 1.29 is 14.3 Å². The molecule has 0 fully saturated rings. The zero-order chi connectivity index (χ0) is 15.9. The molecule has 0 amide bonds. The third-order valence-corrected chi connectivity index (χ3v) is 3.85. The number of rotatable bonds is 6. The molecule has 5 heteroatoms. The average molecular weight is 400 g/mol. The topological polar surface area (TPSA) is 35.5 Å². The Hall–Kier alpha value is -1.52. The summed E-state index contributed by atoms with van der Waals surface area (Å²) in [7, 11) is 0. The minimum atomic E-state index is -0.368. The molecule has 23 heavy (non-hydrogen) atoms. The Balaban J connectivity index is 0.00000264. The molecule has 2 rings (SSSR count). The fourth-order valence-electron chi connectivity index (χ4n) is 1.95. The Bertz CT molecular complexity index is 641. The lowest BCUT2D eigenvalue weighted by atomic mass is 10.1. The molecular weight excluding hydrogens is 380 g/mol. The van der Waals surface area contributed by atoms with E-state index in [0.717, 1.165) is 27.0 Å². The third-order valence-electron chi connectivity index (χ3n) is 2.99. The van der Waals surface area contributed by atoms with Gasteiger partial charge in [-0.2, -0.15) is 0 Å². The first-order valence-corrected chi connectivity index (χ1v) is 8.07. The largest absolute Gasteiger partial charge is 0.482 e. The van der Waals surface area contributed by atoms with Crippen molar-refractivity contribution in [2.24, 2.45) is 0 Å². The van der Waals surface area contributed by atoms with Crippen LogP contribution in [0.4, 0.5) is 0 Å². The molecule has 0 aromatic heterocycles. The summed E-state index contributed by atoms with van der Waals surface area (Å²) in [4.78, 5) is 11.2. The first-order chi connectivity index (χ1) is 10.6. The van der Waals surface area contributed by atoms with E-state index in [-0.39, 0.29) is 20.0 Å². The van der Waals surface area contributed by atoms with E-state index in [1.165, 1.54) is 0 Å². The van der Waals surface area contributed by atoms with Crippen molar-refractivity contribution in [1.29, 1.82) is 0 Å². The van der Waals surface area contributed by atoms with Gasteiger partial charge in [0.05, 0.1) is 6.61 Å². The van der Waals surface area contributed by atoms with Gasteiger partial charge < -0.3 is 9.47 Å². The summed E-state index contributed by atoms with van der Waals surface area (Å²) in [5, 5.41) is 0.742. The Kier molecular flexibility index (Phi) is 8.13. The van der Waals surface area contributed by atoms with Crippen LogP contribution in [0.1, 0.15) is 25.5 Å². The van der Waals surface area contributed by atoms with Gasteiger partial charge in [-0.25, -0.2) is 4.79 Å². The van der Waals surface area contributed by atoms with Gasteiger partial charge in [-0.1, -0.05) is 47.1 Å². The molecule has 0 aliphatic heterocycles. The number of hydrogen-bond donors (Lipinski definition) is 0. The molecule has 0 N–H and O–H groups in total. The highest BCUT2D eigenvalue weighted by Gasteiger charge is 2.05. The molecule has 0 radical (unpaired) electrons. The predicted molar refractivity (Wildman–Crippen MR) is 97.3 cm³/mol. The molecule has 0 spiro atoms. The zero-order valence-corrected chi connectivity index (χ0v) is 14.5. The lowest BCUT2D eigenvalue weighted by molar-refractivity contribution is -0.145. The number of hydrogen-bond acceptors (Lipinski definition) is 3. The Morgan fingerprint density at radius 3 is 2.52 bits per heavy atom. The van der Waals surface area contributed by atoms with Crippen molar-refractivity contribution in [3.63, 3.8) is 0 Å². The summed E-state index contributed by atoms with van der Waals surface area (Å²) >= 11 is 9.64. The Labute approximate surface area is 150 Å². The normalized spacial score (nSPS) is 9.87.